The first-order chi connectivity index (χ1) is 14.3. The number of carbonyl (C=O) groups excluding carboxylic acids is 3. The largest absolute Gasteiger partial charge is 0.466 e. The lowest BCUT2D eigenvalue weighted by atomic mass is 9.71. The van der Waals surface area contributed by atoms with Gasteiger partial charge in [0.05, 0.1) is 35.8 Å². The maximum atomic E-state index is 13.7. The Balaban J connectivity index is 1.95. The number of rotatable bonds is 10. The molecule has 6 atom stereocenters. The second-order valence-corrected chi connectivity index (χ2v) is 10.6. The van der Waals surface area contributed by atoms with Crippen molar-refractivity contribution in [2.24, 2.45) is 17.8 Å². The van der Waals surface area contributed by atoms with Crippen LogP contribution in [-0.2, 0) is 19.1 Å². The number of esters is 1. The lowest BCUT2D eigenvalue weighted by Crippen LogP contribution is -2.57. The minimum atomic E-state index is -0.661. The van der Waals surface area contributed by atoms with E-state index >= 15 is 0 Å². The number of hydrogen-bond acceptors (Lipinski definition) is 6. The molecule has 30 heavy (non-hydrogen) atoms. The number of carbonyl (C=O) groups is 3. The third-order valence-corrected chi connectivity index (χ3v) is 8.89. The molecule has 0 saturated carbocycles. The van der Waals surface area contributed by atoms with Crippen LogP contribution in [0.3, 0.4) is 0 Å². The average molecular weight is 441 g/mol. The van der Waals surface area contributed by atoms with Crippen LogP contribution in [0.25, 0.3) is 0 Å². The van der Waals surface area contributed by atoms with Gasteiger partial charge in [0.25, 0.3) is 0 Å². The molecule has 2 unspecified atom stereocenters. The van der Waals surface area contributed by atoms with Gasteiger partial charge >= 0.3 is 5.97 Å². The lowest BCUT2D eigenvalue weighted by molar-refractivity contribution is -0.154. The van der Waals surface area contributed by atoms with Gasteiger partial charge in [-0.3, -0.25) is 14.4 Å². The monoisotopic (exact) mass is 440 g/mol. The third kappa shape index (κ3) is 3.74. The third-order valence-electron chi connectivity index (χ3n) is 6.94. The molecule has 7 nitrogen and oxygen atoms in total. The van der Waals surface area contributed by atoms with Crippen molar-refractivity contribution in [3.8, 4) is 0 Å². The lowest BCUT2D eigenvalue weighted by Gasteiger charge is -2.38. The number of likely N-dealkylation sites (tertiary alicyclic amines) is 1. The fourth-order valence-electron chi connectivity index (χ4n) is 5.56. The van der Waals surface area contributed by atoms with Gasteiger partial charge in [-0.25, -0.2) is 0 Å². The predicted octanol–water partition coefficient (Wildman–Crippen LogP) is 1.96. The Hall–Kier alpha value is -1.28. The van der Waals surface area contributed by atoms with E-state index in [0.717, 1.165) is 32.1 Å². The summed E-state index contributed by atoms with van der Waals surface area (Å²) in [6.45, 7) is 8.42. The summed E-state index contributed by atoms with van der Waals surface area (Å²) < 4.78 is 4.70. The van der Waals surface area contributed by atoms with Crippen LogP contribution >= 0.6 is 11.8 Å². The fraction of sp³-hybridized carbons (Fsp3) is 0.864. The van der Waals surface area contributed by atoms with Gasteiger partial charge < -0.3 is 20.1 Å². The molecule has 8 heteroatoms. The van der Waals surface area contributed by atoms with Crippen molar-refractivity contribution in [3.63, 3.8) is 0 Å². The van der Waals surface area contributed by atoms with E-state index in [0.29, 0.717) is 6.54 Å². The normalized spacial score (nSPS) is 33.1. The SMILES string of the molecule is CCCCCNC(=O)C1N([C@@H](CO)C(C)C)C(=O)[C@@H]2[C@H](C(=O)OCC)[C@@H]3CCC12S3. The van der Waals surface area contributed by atoms with Crippen molar-refractivity contribution in [1.82, 2.24) is 10.2 Å². The standard InChI is InChI=1S/C22H36N2O5S/c1-5-7-8-11-23-19(26)18-22-10-9-15(30-22)16(21(28)29-6-2)17(22)20(27)24(18)14(12-25)13(3)4/h13-18,25H,5-12H2,1-4H3,(H,23,26)/t14-,15-,16+,17-,18?,22?/m0/s1. The molecular formula is C22H36N2O5S. The van der Waals surface area contributed by atoms with Crippen molar-refractivity contribution in [1.29, 1.82) is 0 Å². The highest BCUT2D eigenvalue weighted by Gasteiger charge is 2.74. The Kier molecular flexibility index (Phi) is 7.38. The molecule has 0 aromatic carbocycles. The van der Waals surface area contributed by atoms with Crippen molar-refractivity contribution >= 4 is 29.5 Å². The molecular weight excluding hydrogens is 404 g/mol. The summed E-state index contributed by atoms with van der Waals surface area (Å²) in [4.78, 5) is 41.5. The second kappa shape index (κ2) is 9.47. The van der Waals surface area contributed by atoms with Gasteiger partial charge in [-0.05, 0) is 32.1 Å². The zero-order valence-corrected chi connectivity index (χ0v) is 19.4. The zero-order chi connectivity index (χ0) is 22.1. The van der Waals surface area contributed by atoms with Gasteiger partial charge in [0.2, 0.25) is 11.8 Å². The van der Waals surface area contributed by atoms with Gasteiger partial charge in [-0.15, -0.1) is 11.8 Å². The molecule has 3 heterocycles. The van der Waals surface area contributed by atoms with E-state index in [2.05, 4.69) is 12.2 Å². The molecule has 3 aliphatic heterocycles. The summed E-state index contributed by atoms with van der Waals surface area (Å²) in [6, 6.07) is -1.11. The highest BCUT2D eigenvalue weighted by Crippen LogP contribution is 2.66. The van der Waals surface area contributed by atoms with Crippen molar-refractivity contribution < 1.29 is 24.2 Å². The Morgan fingerprint density at radius 2 is 2.07 bits per heavy atom. The Morgan fingerprint density at radius 3 is 2.67 bits per heavy atom. The number of amides is 2. The number of aliphatic hydroxyl groups is 1. The summed E-state index contributed by atoms with van der Waals surface area (Å²) in [5, 5.41) is 13.1. The molecule has 2 N–H and O–H groups in total. The fourth-order valence-corrected chi connectivity index (χ4v) is 7.75. The van der Waals surface area contributed by atoms with E-state index in [1.54, 1.807) is 23.6 Å². The number of aliphatic hydroxyl groups excluding tert-OH is 1. The average Bonchev–Trinajstić information content (AvgIpc) is 3.34. The van der Waals surface area contributed by atoms with Gasteiger partial charge in [0, 0.05) is 11.8 Å². The molecule has 170 valence electrons. The van der Waals surface area contributed by atoms with Gasteiger partial charge in [0.1, 0.15) is 6.04 Å². The molecule has 0 aliphatic carbocycles. The number of ether oxygens (including phenoxy) is 1. The molecule has 3 aliphatic rings. The predicted molar refractivity (Wildman–Crippen MR) is 116 cm³/mol. The second-order valence-electron chi connectivity index (χ2n) is 9.05. The van der Waals surface area contributed by atoms with Crippen LogP contribution in [0.4, 0.5) is 0 Å². The number of nitrogens with one attached hydrogen (secondary N) is 1. The molecule has 3 saturated heterocycles. The minimum absolute atomic E-state index is 0.00666. The topological polar surface area (TPSA) is 95.9 Å². The summed E-state index contributed by atoms with van der Waals surface area (Å²) in [7, 11) is 0. The maximum Gasteiger partial charge on any atom is 0.310 e. The van der Waals surface area contributed by atoms with Gasteiger partial charge in [0.15, 0.2) is 0 Å². The summed E-state index contributed by atoms with van der Waals surface area (Å²) in [5.41, 5.74) is 0. The maximum absolute atomic E-state index is 13.7. The van der Waals surface area contributed by atoms with E-state index < -0.39 is 28.7 Å². The van der Waals surface area contributed by atoms with Crippen LogP contribution in [0.2, 0.25) is 0 Å². The summed E-state index contributed by atoms with van der Waals surface area (Å²) in [5.74, 6) is -1.73. The van der Waals surface area contributed by atoms with Crippen LogP contribution in [0, 0.1) is 17.8 Å². The smallest absolute Gasteiger partial charge is 0.310 e. The molecule has 1 spiro atoms. The number of hydrogen-bond donors (Lipinski definition) is 2. The molecule has 3 rings (SSSR count). The van der Waals surface area contributed by atoms with Gasteiger partial charge in [-0.1, -0.05) is 33.6 Å². The van der Waals surface area contributed by atoms with Gasteiger partial charge in [-0.2, -0.15) is 0 Å². The number of thioether (sulfide) groups is 1. The first kappa shape index (κ1) is 23.4. The van der Waals surface area contributed by atoms with E-state index in [4.69, 9.17) is 4.74 Å². The van der Waals surface area contributed by atoms with Crippen LogP contribution in [0.5, 0.6) is 0 Å². The molecule has 3 fully saturated rings. The van der Waals surface area contributed by atoms with Crippen molar-refractivity contribution in [2.75, 3.05) is 19.8 Å². The molecule has 0 radical (unpaired) electrons. The minimum Gasteiger partial charge on any atom is -0.466 e. The quantitative estimate of drug-likeness (QED) is 0.398. The van der Waals surface area contributed by atoms with E-state index in [9.17, 15) is 19.5 Å². The zero-order valence-electron chi connectivity index (χ0n) is 18.6. The van der Waals surface area contributed by atoms with E-state index in [1.807, 2.05) is 13.8 Å². The highest BCUT2D eigenvalue weighted by atomic mass is 32.2. The number of nitrogens with zero attached hydrogens (tertiary/aromatic N) is 1. The number of fused-ring (bicyclic) bond motifs is 1. The first-order valence-corrected chi connectivity index (χ1v) is 12.3. The van der Waals surface area contributed by atoms with Crippen molar-refractivity contribution in [3.05, 3.63) is 0 Å². The van der Waals surface area contributed by atoms with Crippen molar-refractivity contribution in [2.45, 2.75) is 81.9 Å². The summed E-state index contributed by atoms with van der Waals surface area (Å²) in [6.07, 6.45) is 4.53. The highest BCUT2D eigenvalue weighted by molar-refractivity contribution is 8.02. The molecule has 2 bridgehead atoms. The van der Waals surface area contributed by atoms with Crippen LogP contribution in [0.1, 0.15) is 59.8 Å². The molecule has 0 aromatic heterocycles. The Morgan fingerprint density at radius 1 is 1.33 bits per heavy atom. The Labute approximate surface area is 183 Å². The number of unbranched alkanes of at least 4 members (excludes halogenated alkanes) is 2. The first-order valence-electron chi connectivity index (χ1n) is 11.4. The summed E-state index contributed by atoms with van der Waals surface area (Å²) >= 11 is 1.63. The van der Waals surface area contributed by atoms with E-state index in [-0.39, 0.29) is 42.2 Å². The molecule has 2 amide bonds. The Bertz CT molecular complexity index is 672. The van der Waals surface area contributed by atoms with Crippen LogP contribution < -0.4 is 5.32 Å². The van der Waals surface area contributed by atoms with E-state index in [1.165, 1.54) is 0 Å². The van der Waals surface area contributed by atoms with Crippen LogP contribution in [0.15, 0.2) is 0 Å². The van der Waals surface area contributed by atoms with Crippen LogP contribution in [-0.4, -0.2) is 69.6 Å². The molecule has 0 aromatic rings.